The predicted octanol–water partition coefficient (Wildman–Crippen LogP) is 3.83. The molecular weight excluding hydrogens is 354 g/mol. The first-order valence-electron chi connectivity index (χ1n) is 9.42. The Labute approximate surface area is 167 Å². The van der Waals surface area contributed by atoms with Gasteiger partial charge in [-0.15, -0.1) is 0 Å². The standard InChI is InChI=1S/C23H29NO4/c1-16-9-11-20(12-10-16)14-24(13-19(4)23(26)27-5)21(25)15-28-22-17(2)7-6-8-18(22)3/h6-12,19H,13-15H2,1-5H3. The van der Waals surface area contributed by atoms with Gasteiger partial charge in [0.1, 0.15) is 5.75 Å². The summed E-state index contributed by atoms with van der Waals surface area (Å²) in [5.74, 6) is -0.192. The molecule has 0 saturated heterocycles. The van der Waals surface area contributed by atoms with E-state index in [1.54, 1.807) is 11.8 Å². The zero-order chi connectivity index (χ0) is 20.7. The van der Waals surface area contributed by atoms with Crippen LogP contribution in [0.4, 0.5) is 0 Å². The second-order valence-electron chi connectivity index (χ2n) is 7.19. The van der Waals surface area contributed by atoms with Gasteiger partial charge in [-0.05, 0) is 37.5 Å². The van der Waals surface area contributed by atoms with E-state index in [0.29, 0.717) is 6.54 Å². The maximum absolute atomic E-state index is 12.9. The number of hydrogen-bond acceptors (Lipinski definition) is 4. The number of para-hydroxylation sites is 1. The number of carbonyl (C=O) groups excluding carboxylic acids is 2. The van der Waals surface area contributed by atoms with Gasteiger partial charge in [-0.1, -0.05) is 55.0 Å². The van der Waals surface area contributed by atoms with Gasteiger partial charge in [0.15, 0.2) is 6.61 Å². The number of rotatable bonds is 8. The number of amides is 1. The zero-order valence-corrected chi connectivity index (χ0v) is 17.3. The van der Waals surface area contributed by atoms with Crippen molar-refractivity contribution in [3.63, 3.8) is 0 Å². The lowest BCUT2D eigenvalue weighted by atomic mass is 10.1. The maximum Gasteiger partial charge on any atom is 0.310 e. The lowest BCUT2D eigenvalue weighted by Crippen LogP contribution is -2.39. The van der Waals surface area contributed by atoms with Gasteiger partial charge >= 0.3 is 5.97 Å². The second-order valence-corrected chi connectivity index (χ2v) is 7.19. The fourth-order valence-electron chi connectivity index (χ4n) is 3.03. The first-order chi connectivity index (χ1) is 13.3. The van der Waals surface area contributed by atoms with Crippen LogP contribution in [0.1, 0.15) is 29.2 Å². The normalized spacial score (nSPS) is 11.6. The highest BCUT2D eigenvalue weighted by atomic mass is 16.5. The third-order valence-corrected chi connectivity index (χ3v) is 4.69. The summed E-state index contributed by atoms with van der Waals surface area (Å²) in [6.45, 7) is 8.29. The molecule has 0 aliphatic rings. The smallest absolute Gasteiger partial charge is 0.310 e. The van der Waals surface area contributed by atoms with E-state index >= 15 is 0 Å². The Balaban J connectivity index is 2.13. The molecule has 0 N–H and O–H groups in total. The van der Waals surface area contributed by atoms with Crippen LogP contribution in [0.25, 0.3) is 0 Å². The molecule has 2 aromatic rings. The van der Waals surface area contributed by atoms with Crippen molar-refractivity contribution in [2.75, 3.05) is 20.3 Å². The number of methoxy groups -OCH3 is 1. The van der Waals surface area contributed by atoms with Crippen LogP contribution in [0.15, 0.2) is 42.5 Å². The number of nitrogens with zero attached hydrogens (tertiary/aromatic N) is 1. The van der Waals surface area contributed by atoms with Crippen LogP contribution < -0.4 is 4.74 Å². The molecule has 0 saturated carbocycles. The number of aryl methyl sites for hydroxylation is 3. The van der Waals surface area contributed by atoms with E-state index < -0.39 is 5.92 Å². The van der Waals surface area contributed by atoms with Gasteiger partial charge < -0.3 is 14.4 Å². The number of carbonyl (C=O) groups is 2. The highest BCUT2D eigenvalue weighted by molar-refractivity contribution is 5.79. The summed E-state index contributed by atoms with van der Waals surface area (Å²) in [6.07, 6.45) is 0. The molecule has 0 aromatic heterocycles. The Kier molecular flexibility index (Phi) is 7.61. The molecule has 1 unspecified atom stereocenters. The Bertz CT molecular complexity index is 794. The molecule has 28 heavy (non-hydrogen) atoms. The zero-order valence-electron chi connectivity index (χ0n) is 17.3. The summed E-state index contributed by atoms with van der Waals surface area (Å²) < 4.78 is 10.6. The minimum absolute atomic E-state index is 0.0779. The van der Waals surface area contributed by atoms with Crippen LogP contribution in [0.3, 0.4) is 0 Å². The third kappa shape index (κ3) is 5.84. The lowest BCUT2D eigenvalue weighted by molar-refractivity contribution is -0.147. The van der Waals surface area contributed by atoms with Crippen LogP contribution >= 0.6 is 0 Å². The molecule has 5 nitrogen and oxygen atoms in total. The van der Waals surface area contributed by atoms with Crippen molar-refractivity contribution in [3.8, 4) is 5.75 Å². The van der Waals surface area contributed by atoms with Gasteiger partial charge in [-0.3, -0.25) is 9.59 Å². The van der Waals surface area contributed by atoms with Gasteiger partial charge in [-0.2, -0.15) is 0 Å². The fourth-order valence-corrected chi connectivity index (χ4v) is 3.03. The van der Waals surface area contributed by atoms with E-state index in [-0.39, 0.29) is 25.0 Å². The summed E-state index contributed by atoms with van der Waals surface area (Å²) in [5, 5.41) is 0. The average molecular weight is 383 g/mol. The van der Waals surface area contributed by atoms with Crippen LogP contribution in [0.5, 0.6) is 5.75 Å². The molecule has 0 aliphatic heterocycles. The lowest BCUT2D eigenvalue weighted by Gasteiger charge is -2.25. The summed E-state index contributed by atoms with van der Waals surface area (Å²) in [6, 6.07) is 13.9. The first kappa shape index (κ1) is 21.5. The predicted molar refractivity (Wildman–Crippen MR) is 109 cm³/mol. The SMILES string of the molecule is COC(=O)C(C)CN(Cc1ccc(C)cc1)C(=O)COc1c(C)cccc1C. The number of ether oxygens (including phenoxy) is 2. The van der Waals surface area contributed by atoms with Crippen molar-refractivity contribution >= 4 is 11.9 Å². The van der Waals surface area contributed by atoms with Gasteiger partial charge in [0, 0.05) is 13.1 Å². The van der Waals surface area contributed by atoms with Crippen LogP contribution in [0, 0.1) is 26.7 Å². The maximum atomic E-state index is 12.9. The minimum atomic E-state index is -0.417. The highest BCUT2D eigenvalue weighted by Gasteiger charge is 2.22. The van der Waals surface area contributed by atoms with Crippen LogP contribution in [-0.2, 0) is 20.9 Å². The molecule has 0 radical (unpaired) electrons. The summed E-state index contributed by atoms with van der Waals surface area (Å²) >= 11 is 0. The molecule has 1 atom stereocenters. The average Bonchev–Trinajstić information content (AvgIpc) is 2.67. The summed E-state index contributed by atoms with van der Waals surface area (Å²) in [4.78, 5) is 26.4. The quantitative estimate of drug-likeness (QED) is 0.650. The Morgan fingerprint density at radius 2 is 1.61 bits per heavy atom. The van der Waals surface area contributed by atoms with E-state index in [9.17, 15) is 9.59 Å². The monoisotopic (exact) mass is 383 g/mol. The van der Waals surface area contributed by atoms with E-state index in [4.69, 9.17) is 9.47 Å². The van der Waals surface area contributed by atoms with E-state index in [0.717, 1.165) is 28.0 Å². The molecule has 0 fully saturated rings. The second kappa shape index (κ2) is 9.93. The van der Waals surface area contributed by atoms with Crippen molar-refractivity contribution in [3.05, 3.63) is 64.7 Å². The number of esters is 1. The van der Waals surface area contributed by atoms with Crippen LogP contribution in [0.2, 0.25) is 0 Å². The third-order valence-electron chi connectivity index (χ3n) is 4.69. The molecule has 150 valence electrons. The fraction of sp³-hybridized carbons (Fsp3) is 0.391. The minimum Gasteiger partial charge on any atom is -0.483 e. The van der Waals surface area contributed by atoms with Gasteiger partial charge in [0.25, 0.3) is 5.91 Å². The largest absolute Gasteiger partial charge is 0.483 e. The molecule has 5 heteroatoms. The first-order valence-corrected chi connectivity index (χ1v) is 9.42. The van der Waals surface area contributed by atoms with Crippen LogP contribution in [-0.4, -0.2) is 37.0 Å². The Morgan fingerprint density at radius 1 is 1.00 bits per heavy atom. The molecule has 0 aliphatic carbocycles. The Hall–Kier alpha value is -2.82. The molecular formula is C23H29NO4. The number of benzene rings is 2. The summed E-state index contributed by atoms with van der Waals surface area (Å²) in [7, 11) is 1.36. The molecule has 2 aromatic carbocycles. The van der Waals surface area contributed by atoms with Crippen molar-refractivity contribution in [1.29, 1.82) is 0 Å². The van der Waals surface area contributed by atoms with E-state index in [2.05, 4.69) is 0 Å². The van der Waals surface area contributed by atoms with Crippen molar-refractivity contribution in [1.82, 2.24) is 4.90 Å². The van der Waals surface area contributed by atoms with Gasteiger partial charge in [-0.25, -0.2) is 0 Å². The van der Waals surface area contributed by atoms with Crippen molar-refractivity contribution in [2.24, 2.45) is 5.92 Å². The van der Waals surface area contributed by atoms with E-state index in [1.165, 1.54) is 7.11 Å². The highest BCUT2D eigenvalue weighted by Crippen LogP contribution is 2.22. The van der Waals surface area contributed by atoms with Gasteiger partial charge in [0.2, 0.25) is 0 Å². The number of hydrogen-bond donors (Lipinski definition) is 0. The topological polar surface area (TPSA) is 55.8 Å². The Morgan fingerprint density at radius 3 is 2.18 bits per heavy atom. The van der Waals surface area contributed by atoms with E-state index in [1.807, 2.05) is 63.2 Å². The summed E-state index contributed by atoms with van der Waals surface area (Å²) in [5.41, 5.74) is 4.13. The molecule has 0 spiro atoms. The van der Waals surface area contributed by atoms with Crippen molar-refractivity contribution in [2.45, 2.75) is 34.2 Å². The molecule has 1 amide bonds. The molecule has 2 rings (SSSR count). The van der Waals surface area contributed by atoms with Crippen molar-refractivity contribution < 1.29 is 19.1 Å². The van der Waals surface area contributed by atoms with Gasteiger partial charge in [0.05, 0.1) is 13.0 Å². The molecule has 0 heterocycles. The molecule has 0 bridgehead atoms.